The predicted octanol–water partition coefficient (Wildman–Crippen LogP) is 1.41. The Morgan fingerprint density at radius 2 is 2.09 bits per heavy atom. The maximum absolute atomic E-state index is 12.8. The van der Waals surface area contributed by atoms with Crippen molar-refractivity contribution in [2.24, 2.45) is 0 Å². The van der Waals surface area contributed by atoms with Crippen LogP contribution in [0.2, 0.25) is 0 Å². The summed E-state index contributed by atoms with van der Waals surface area (Å²) in [6.07, 6.45) is 1.77. The first-order valence-electron chi connectivity index (χ1n) is 7.24. The van der Waals surface area contributed by atoms with Gasteiger partial charge >= 0.3 is 5.97 Å². The molecule has 1 aliphatic rings. The number of likely N-dealkylation sites (N-methyl/N-ethyl adjacent to an activating group) is 2. The van der Waals surface area contributed by atoms with E-state index >= 15 is 0 Å². The summed E-state index contributed by atoms with van der Waals surface area (Å²) in [6.45, 7) is 3.34. The molecule has 0 aliphatic carbocycles. The van der Waals surface area contributed by atoms with Crippen molar-refractivity contribution in [2.75, 3.05) is 27.2 Å². The van der Waals surface area contributed by atoms with E-state index in [2.05, 4.69) is 4.90 Å². The lowest BCUT2D eigenvalue weighted by atomic mass is 10.1. The molecule has 22 heavy (non-hydrogen) atoms. The fraction of sp³-hybridized carbons (Fsp3) is 0.533. The molecule has 1 aromatic carbocycles. The molecule has 1 aromatic rings. The third-order valence-electron chi connectivity index (χ3n) is 4.21. The van der Waals surface area contributed by atoms with Crippen LogP contribution in [-0.4, -0.2) is 61.9 Å². The van der Waals surface area contributed by atoms with Gasteiger partial charge in [-0.25, -0.2) is 13.2 Å². The Morgan fingerprint density at radius 1 is 1.41 bits per heavy atom. The van der Waals surface area contributed by atoms with E-state index in [1.165, 1.54) is 22.5 Å². The lowest BCUT2D eigenvalue weighted by Crippen LogP contribution is -2.47. The number of rotatable bonds is 4. The number of aryl methyl sites for hydroxylation is 1. The van der Waals surface area contributed by atoms with E-state index in [0.29, 0.717) is 12.1 Å². The van der Waals surface area contributed by atoms with Crippen LogP contribution < -0.4 is 0 Å². The van der Waals surface area contributed by atoms with Gasteiger partial charge in [0.1, 0.15) is 0 Å². The van der Waals surface area contributed by atoms with Crippen molar-refractivity contribution in [1.82, 2.24) is 9.21 Å². The summed E-state index contributed by atoms with van der Waals surface area (Å²) < 4.78 is 27.1. The molecule has 0 bridgehead atoms. The highest BCUT2D eigenvalue weighted by molar-refractivity contribution is 7.89. The van der Waals surface area contributed by atoms with Crippen LogP contribution >= 0.6 is 0 Å². The first-order chi connectivity index (χ1) is 10.2. The van der Waals surface area contributed by atoms with Crippen LogP contribution in [-0.2, 0) is 10.0 Å². The van der Waals surface area contributed by atoms with Crippen molar-refractivity contribution in [3.63, 3.8) is 0 Å². The second kappa shape index (κ2) is 6.36. The summed E-state index contributed by atoms with van der Waals surface area (Å²) in [6, 6.07) is 4.12. The highest BCUT2D eigenvalue weighted by atomic mass is 32.2. The van der Waals surface area contributed by atoms with Crippen molar-refractivity contribution in [3.8, 4) is 0 Å². The molecule has 0 amide bonds. The predicted molar refractivity (Wildman–Crippen MR) is 83.6 cm³/mol. The number of aromatic carboxylic acids is 1. The molecule has 0 aromatic heterocycles. The average molecular weight is 326 g/mol. The summed E-state index contributed by atoms with van der Waals surface area (Å²) in [4.78, 5) is 13.3. The Bertz CT molecular complexity index is 672. The number of benzene rings is 1. The first kappa shape index (κ1) is 16.9. The van der Waals surface area contributed by atoms with E-state index < -0.39 is 16.0 Å². The number of likely N-dealkylation sites (tertiary alicyclic amines) is 1. The Morgan fingerprint density at radius 3 is 2.68 bits per heavy atom. The van der Waals surface area contributed by atoms with Crippen molar-refractivity contribution in [2.45, 2.75) is 30.7 Å². The second-order valence-electron chi connectivity index (χ2n) is 5.86. The number of sulfonamides is 1. The number of carbonyl (C=O) groups is 1. The molecule has 7 heteroatoms. The molecular weight excluding hydrogens is 304 g/mol. The van der Waals surface area contributed by atoms with Gasteiger partial charge in [0.15, 0.2) is 0 Å². The monoisotopic (exact) mass is 326 g/mol. The summed E-state index contributed by atoms with van der Waals surface area (Å²) in [5.41, 5.74) is 0.541. The molecule has 2 rings (SSSR count). The SMILES string of the molecule is Cc1ccc(C(=O)O)cc1S(=O)(=O)N(C)[C@H]1CCCN(C)C1. The van der Waals surface area contributed by atoms with Gasteiger partial charge < -0.3 is 10.0 Å². The molecule has 122 valence electrons. The highest BCUT2D eigenvalue weighted by Crippen LogP contribution is 2.25. The molecule has 6 nitrogen and oxygen atoms in total. The van der Waals surface area contributed by atoms with Gasteiger partial charge in [-0.05, 0) is 51.1 Å². The lowest BCUT2D eigenvalue weighted by molar-refractivity contribution is 0.0696. The van der Waals surface area contributed by atoms with Crippen molar-refractivity contribution >= 4 is 16.0 Å². The largest absolute Gasteiger partial charge is 0.478 e. The fourth-order valence-corrected chi connectivity index (χ4v) is 4.42. The topological polar surface area (TPSA) is 77.9 Å². The number of hydrogen-bond acceptors (Lipinski definition) is 4. The van der Waals surface area contributed by atoms with Gasteiger partial charge in [0.2, 0.25) is 10.0 Å². The van der Waals surface area contributed by atoms with Gasteiger partial charge in [0, 0.05) is 19.6 Å². The smallest absolute Gasteiger partial charge is 0.335 e. The molecule has 1 heterocycles. The molecule has 1 N–H and O–H groups in total. The molecule has 1 fully saturated rings. The molecule has 1 saturated heterocycles. The van der Waals surface area contributed by atoms with Gasteiger partial charge in [-0.1, -0.05) is 6.07 Å². The normalized spacial score (nSPS) is 20.3. The van der Waals surface area contributed by atoms with Gasteiger partial charge in [-0.15, -0.1) is 0 Å². The average Bonchev–Trinajstić information content (AvgIpc) is 2.46. The summed E-state index contributed by atoms with van der Waals surface area (Å²) in [5, 5.41) is 9.07. The third kappa shape index (κ3) is 3.31. The van der Waals surface area contributed by atoms with Crippen LogP contribution in [0, 0.1) is 6.92 Å². The highest BCUT2D eigenvalue weighted by Gasteiger charge is 2.31. The van der Waals surface area contributed by atoms with Crippen LogP contribution in [0.4, 0.5) is 0 Å². The van der Waals surface area contributed by atoms with Gasteiger partial charge in [-0.2, -0.15) is 4.31 Å². The van der Waals surface area contributed by atoms with Crippen molar-refractivity contribution in [3.05, 3.63) is 29.3 Å². The van der Waals surface area contributed by atoms with Crippen LogP contribution in [0.25, 0.3) is 0 Å². The fourth-order valence-electron chi connectivity index (χ4n) is 2.80. The van der Waals surface area contributed by atoms with E-state index in [4.69, 9.17) is 5.11 Å². The van der Waals surface area contributed by atoms with Crippen molar-refractivity contribution < 1.29 is 18.3 Å². The summed E-state index contributed by atoms with van der Waals surface area (Å²) in [7, 11) is -0.155. The van der Waals surface area contributed by atoms with E-state index in [1.807, 2.05) is 7.05 Å². The molecule has 0 unspecified atom stereocenters. The van der Waals surface area contributed by atoms with Gasteiger partial charge in [-0.3, -0.25) is 0 Å². The standard InChI is InChI=1S/C15H22N2O4S/c1-11-6-7-12(15(18)19)9-14(11)22(20,21)17(3)13-5-4-8-16(2)10-13/h6-7,9,13H,4-5,8,10H2,1-3H3,(H,18,19)/t13-/m0/s1. The van der Waals surface area contributed by atoms with Gasteiger partial charge in [0.25, 0.3) is 0 Å². The number of piperidine rings is 1. The summed E-state index contributed by atoms with van der Waals surface area (Å²) >= 11 is 0. The third-order valence-corrected chi connectivity index (χ3v) is 6.26. The Kier molecular flexibility index (Phi) is 4.89. The van der Waals surface area contributed by atoms with Crippen LogP contribution in [0.15, 0.2) is 23.1 Å². The van der Waals surface area contributed by atoms with Crippen molar-refractivity contribution in [1.29, 1.82) is 0 Å². The van der Waals surface area contributed by atoms with E-state index in [1.54, 1.807) is 14.0 Å². The second-order valence-corrected chi connectivity index (χ2v) is 7.83. The minimum atomic E-state index is -3.71. The number of hydrogen-bond donors (Lipinski definition) is 1. The number of carboxylic acid groups (broad SMARTS) is 1. The number of nitrogens with zero attached hydrogens (tertiary/aromatic N) is 2. The van der Waals surface area contributed by atoms with Gasteiger partial charge in [0.05, 0.1) is 10.5 Å². The first-order valence-corrected chi connectivity index (χ1v) is 8.68. The maximum atomic E-state index is 12.8. The zero-order valence-electron chi connectivity index (χ0n) is 13.1. The number of carboxylic acids is 1. The Balaban J connectivity index is 2.37. The summed E-state index contributed by atoms with van der Waals surface area (Å²) in [5.74, 6) is -1.13. The molecule has 0 radical (unpaired) electrons. The van der Waals surface area contributed by atoms with E-state index in [-0.39, 0.29) is 16.5 Å². The lowest BCUT2D eigenvalue weighted by Gasteiger charge is -2.35. The molecule has 0 saturated carbocycles. The van der Waals surface area contributed by atoms with E-state index in [0.717, 1.165) is 19.4 Å². The molecular formula is C15H22N2O4S. The zero-order valence-corrected chi connectivity index (χ0v) is 13.9. The Labute approximate surface area is 131 Å². The maximum Gasteiger partial charge on any atom is 0.335 e. The quantitative estimate of drug-likeness (QED) is 0.905. The van der Waals surface area contributed by atoms with Crippen LogP contribution in [0.5, 0.6) is 0 Å². The minimum absolute atomic E-state index is 0.0154. The Hall–Kier alpha value is -1.44. The molecule has 0 spiro atoms. The minimum Gasteiger partial charge on any atom is -0.478 e. The van der Waals surface area contributed by atoms with Crippen LogP contribution in [0.1, 0.15) is 28.8 Å². The zero-order chi connectivity index (χ0) is 16.5. The molecule has 1 aliphatic heterocycles. The van der Waals surface area contributed by atoms with Crippen LogP contribution in [0.3, 0.4) is 0 Å². The molecule has 1 atom stereocenters. The van der Waals surface area contributed by atoms with E-state index in [9.17, 15) is 13.2 Å².